The summed E-state index contributed by atoms with van der Waals surface area (Å²) in [5.41, 5.74) is 4.04. The van der Waals surface area contributed by atoms with Crippen LogP contribution in [0, 0.1) is 5.92 Å². The van der Waals surface area contributed by atoms with E-state index in [1.807, 2.05) is 13.8 Å². The second-order valence-electron chi connectivity index (χ2n) is 5.60. The summed E-state index contributed by atoms with van der Waals surface area (Å²) in [4.78, 5) is 11.4. The number of carbonyl (C=O) groups excluding carboxylic acids is 1. The van der Waals surface area contributed by atoms with Crippen molar-refractivity contribution < 1.29 is 4.79 Å². The lowest BCUT2D eigenvalue weighted by atomic mass is 9.99. The molecule has 3 N–H and O–H groups in total. The highest BCUT2D eigenvalue weighted by atomic mass is 16.1. The predicted molar refractivity (Wildman–Crippen MR) is 82.8 cm³/mol. The summed E-state index contributed by atoms with van der Waals surface area (Å²) in [6.45, 7) is 7.19. The quantitative estimate of drug-likeness (QED) is 0.695. The standard InChI is InChI=1S/C16H25N3O/c1-12(2)16(20)19-10-9-17-11-14-6-3-5-13-7-4-8-18-15(13)14/h3,5-6,12,17-18H,4,7-11H2,1-2H3,(H,19,20). The highest BCUT2D eigenvalue weighted by molar-refractivity contribution is 5.77. The summed E-state index contributed by atoms with van der Waals surface area (Å²) in [5, 5.41) is 9.80. The van der Waals surface area contributed by atoms with Crippen LogP contribution in [0.15, 0.2) is 18.2 Å². The molecule has 0 spiro atoms. The van der Waals surface area contributed by atoms with Gasteiger partial charge in [-0.3, -0.25) is 4.79 Å². The number of hydrogen-bond acceptors (Lipinski definition) is 3. The van der Waals surface area contributed by atoms with Crippen LogP contribution >= 0.6 is 0 Å². The Bertz CT molecular complexity index is 457. The Morgan fingerprint density at radius 1 is 1.35 bits per heavy atom. The van der Waals surface area contributed by atoms with E-state index >= 15 is 0 Å². The summed E-state index contributed by atoms with van der Waals surface area (Å²) >= 11 is 0. The molecule has 110 valence electrons. The first kappa shape index (κ1) is 14.9. The van der Waals surface area contributed by atoms with Crippen LogP contribution in [0.5, 0.6) is 0 Å². The van der Waals surface area contributed by atoms with Gasteiger partial charge in [-0.2, -0.15) is 0 Å². The van der Waals surface area contributed by atoms with E-state index in [1.165, 1.54) is 29.7 Å². The maximum atomic E-state index is 11.4. The van der Waals surface area contributed by atoms with E-state index in [-0.39, 0.29) is 11.8 Å². The highest BCUT2D eigenvalue weighted by Gasteiger charge is 2.11. The van der Waals surface area contributed by atoms with Gasteiger partial charge in [-0.15, -0.1) is 0 Å². The molecule has 0 aliphatic carbocycles. The molecule has 0 radical (unpaired) electrons. The highest BCUT2D eigenvalue weighted by Crippen LogP contribution is 2.25. The lowest BCUT2D eigenvalue weighted by Crippen LogP contribution is -2.34. The number of aryl methyl sites for hydroxylation is 1. The molecule has 4 heteroatoms. The third kappa shape index (κ3) is 3.97. The van der Waals surface area contributed by atoms with E-state index in [4.69, 9.17) is 0 Å². The van der Waals surface area contributed by atoms with Crippen molar-refractivity contribution in [1.82, 2.24) is 10.6 Å². The Hall–Kier alpha value is -1.55. The molecule has 1 aromatic rings. The smallest absolute Gasteiger partial charge is 0.222 e. The number of para-hydroxylation sites is 1. The molecule has 0 fully saturated rings. The summed E-state index contributed by atoms with van der Waals surface area (Å²) in [6, 6.07) is 6.49. The van der Waals surface area contributed by atoms with Gasteiger partial charge in [0.2, 0.25) is 5.91 Å². The van der Waals surface area contributed by atoms with Gasteiger partial charge in [-0.05, 0) is 24.0 Å². The Labute approximate surface area is 121 Å². The van der Waals surface area contributed by atoms with E-state index in [1.54, 1.807) is 0 Å². The summed E-state index contributed by atoms with van der Waals surface area (Å²) < 4.78 is 0. The molecule has 1 amide bonds. The van der Waals surface area contributed by atoms with E-state index in [2.05, 4.69) is 34.1 Å². The van der Waals surface area contributed by atoms with Gasteiger partial charge >= 0.3 is 0 Å². The number of rotatable bonds is 6. The zero-order chi connectivity index (χ0) is 14.4. The van der Waals surface area contributed by atoms with Crippen LogP contribution in [0.3, 0.4) is 0 Å². The van der Waals surface area contributed by atoms with Gasteiger partial charge in [-0.25, -0.2) is 0 Å². The number of carbonyl (C=O) groups is 1. The number of benzene rings is 1. The van der Waals surface area contributed by atoms with Gasteiger partial charge in [0.15, 0.2) is 0 Å². The second-order valence-corrected chi connectivity index (χ2v) is 5.60. The average Bonchev–Trinajstić information content (AvgIpc) is 2.46. The number of nitrogens with one attached hydrogen (secondary N) is 3. The number of fused-ring (bicyclic) bond motifs is 1. The van der Waals surface area contributed by atoms with E-state index in [9.17, 15) is 4.79 Å². The zero-order valence-electron chi connectivity index (χ0n) is 12.5. The zero-order valence-corrected chi connectivity index (χ0v) is 12.5. The van der Waals surface area contributed by atoms with Crippen LogP contribution in [-0.4, -0.2) is 25.5 Å². The Morgan fingerprint density at radius 2 is 2.20 bits per heavy atom. The maximum absolute atomic E-state index is 11.4. The van der Waals surface area contributed by atoms with Crippen molar-refractivity contribution in [3.05, 3.63) is 29.3 Å². The molecule has 0 aromatic heterocycles. The topological polar surface area (TPSA) is 53.2 Å². The second kappa shape index (κ2) is 7.29. The molecule has 2 rings (SSSR count). The van der Waals surface area contributed by atoms with Crippen LogP contribution in [-0.2, 0) is 17.8 Å². The minimum Gasteiger partial charge on any atom is -0.385 e. The van der Waals surface area contributed by atoms with Gasteiger partial charge in [0.25, 0.3) is 0 Å². The molecule has 0 saturated heterocycles. The molecule has 4 nitrogen and oxygen atoms in total. The minimum atomic E-state index is 0.0559. The first-order valence-electron chi connectivity index (χ1n) is 7.51. The van der Waals surface area contributed by atoms with Crippen molar-refractivity contribution in [2.75, 3.05) is 25.0 Å². The third-order valence-corrected chi connectivity index (χ3v) is 3.60. The molecular formula is C16H25N3O. The number of amides is 1. The third-order valence-electron chi connectivity index (χ3n) is 3.60. The summed E-state index contributed by atoms with van der Waals surface area (Å²) in [7, 11) is 0. The van der Waals surface area contributed by atoms with Gasteiger partial charge in [0.1, 0.15) is 0 Å². The fourth-order valence-corrected chi connectivity index (χ4v) is 2.43. The first-order valence-corrected chi connectivity index (χ1v) is 7.51. The van der Waals surface area contributed by atoms with Crippen molar-refractivity contribution in [3.63, 3.8) is 0 Å². The number of anilines is 1. The van der Waals surface area contributed by atoms with Gasteiger partial charge in [-0.1, -0.05) is 32.0 Å². The van der Waals surface area contributed by atoms with Crippen molar-refractivity contribution in [1.29, 1.82) is 0 Å². The first-order chi connectivity index (χ1) is 9.68. The minimum absolute atomic E-state index is 0.0559. The fraction of sp³-hybridized carbons (Fsp3) is 0.562. The average molecular weight is 275 g/mol. The molecule has 0 bridgehead atoms. The molecule has 20 heavy (non-hydrogen) atoms. The predicted octanol–water partition coefficient (Wildman–Crippen LogP) is 1.91. The van der Waals surface area contributed by atoms with E-state index < -0.39 is 0 Å². The van der Waals surface area contributed by atoms with Crippen molar-refractivity contribution in [3.8, 4) is 0 Å². The molecule has 1 aliphatic heterocycles. The SMILES string of the molecule is CC(C)C(=O)NCCNCc1cccc2c1NCCC2. The molecule has 1 aliphatic rings. The number of hydrogen-bond donors (Lipinski definition) is 3. The van der Waals surface area contributed by atoms with Crippen LogP contribution in [0.25, 0.3) is 0 Å². The van der Waals surface area contributed by atoms with Crippen LogP contribution < -0.4 is 16.0 Å². The van der Waals surface area contributed by atoms with E-state index in [0.717, 1.165) is 19.6 Å². The lowest BCUT2D eigenvalue weighted by Gasteiger charge is -2.21. The fourth-order valence-electron chi connectivity index (χ4n) is 2.43. The summed E-state index contributed by atoms with van der Waals surface area (Å²) in [5.74, 6) is 0.172. The Morgan fingerprint density at radius 3 is 3.00 bits per heavy atom. The molecule has 1 heterocycles. The van der Waals surface area contributed by atoms with Crippen molar-refractivity contribution in [2.45, 2.75) is 33.2 Å². The Kier molecular flexibility index (Phi) is 5.41. The molecule has 0 unspecified atom stereocenters. The maximum Gasteiger partial charge on any atom is 0.222 e. The van der Waals surface area contributed by atoms with Crippen LogP contribution in [0.1, 0.15) is 31.4 Å². The van der Waals surface area contributed by atoms with Crippen molar-refractivity contribution in [2.24, 2.45) is 5.92 Å². The lowest BCUT2D eigenvalue weighted by molar-refractivity contribution is -0.123. The van der Waals surface area contributed by atoms with Gasteiger partial charge in [0.05, 0.1) is 0 Å². The monoisotopic (exact) mass is 275 g/mol. The molecule has 0 saturated carbocycles. The molecule has 0 atom stereocenters. The molecule has 1 aromatic carbocycles. The largest absolute Gasteiger partial charge is 0.385 e. The summed E-state index contributed by atoms with van der Waals surface area (Å²) in [6.07, 6.45) is 2.38. The van der Waals surface area contributed by atoms with Crippen molar-refractivity contribution >= 4 is 11.6 Å². The van der Waals surface area contributed by atoms with Crippen LogP contribution in [0.4, 0.5) is 5.69 Å². The normalized spacial score (nSPS) is 13.8. The van der Waals surface area contributed by atoms with Crippen LogP contribution in [0.2, 0.25) is 0 Å². The van der Waals surface area contributed by atoms with E-state index in [0.29, 0.717) is 6.54 Å². The Balaban J connectivity index is 1.76. The van der Waals surface area contributed by atoms with Gasteiger partial charge in [0, 0.05) is 37.8 Å². The van der Waals surface area contributed by atoms with Gasteiger partial charge < -0.3 is 16.0 Å². The molecular weight excluding hydrogens is 250 g/mol.